The van der Waals surface area contributed by atoms with E-state index in [4.69, 9.17) is 0 Å². The third-order valence-corrected chi connectivity index (χ3v) is 5.52. The second kappa shape index (κ2) is 8.34. The molecule has 6 heteroatoms. The summed E-state index contributed by atoms with van der Waals surface area (Å²) in [5.41, 5.74) is 2.83. The van der Waals surface area contributed by atoms with Gasteiger partial charge in [-0.3, -0.25) is 4.99 Å². The first kappa shape index (κ1) is 17.7. The molecule has 2 aromatic rings. The fourth-order valence-corrected chi connectivity index (χ4v) is 3.99. The number of guanidine groups is 1. The minimum atomic E-state index is 0.420. The predicted octanol–water partition coefficient (Wildman–Crippen LogP) is 2.61. The van der Waals surface area contributed by atoms with E-state index >= 15 is 0 Å². The maximum Gasteiger partial charge on any atom is 0.191 e. The number of hydrogen-bond acceptors (Lipinski definition) is 4. The van der Waals surface area contributed by atoms with Crippen LogP contribution in [0.1, 0.15) is 22.4 Å². The molecule has 0 saturated carbocycles. The summed E-state index contributed by atoms with van der Waals surface area (Å²) in [5, 5.41) is 8.00. The lowest BCUT2D eigenvalue weighted by Gasteiger charge is -2.28. The molecule has 3 rings (SSSR count). The van der Waals surface area contributed by atoms with Gasteiger partial charge in [0.2, 0.25) is 0 Å². The van der Waals surface area contributed by atoms with Crippen LogP contribution in [0.3, 0.4) is 0 Å². The summed E-state index contributed by atoms with van der Waals surface area (Å²) in [5.74, 6) is 0.854. The van der Waals surface area contributed by atoms with Crippen molar-refractivity contribution >= 4 is 23.0 Å². The van der Waals surface area contributed by atoms with Gasteiger partial charge in [0.25, 0.3) is 0 Å². The lowest BCUT2D eigenvalue weighted by atomic mass is 10.2. The van der Waals surface area contributed by atoms with Crippen molar-refractivity contribution in [3.05, 3.63) is 45.9 Å². The van der Waals surface area contributed by atoms with E-state index in [9.17, 15) is 0 Å². The van der Waals surface area contributed by atoms with Crippen molar-refractivity contribution in [2.24, 2.45) is 4.99 Å². The molecule has 0 radical (unpaired) electrons. The van der Waals surface area contributed by atoms with Crippen molar-refractivity contribution < 1.29 is 0 Å². The highest BCUT2D eigenvalue weighted by molar-refractivity contribution is 7.11. The van der Waals surface area contributed by atoms with Crippen molar-refractivity contribution in [1.82, 2.24) is 15.6 Å². The maximum absolute atomic E-state index is 4.40. The van der Waals surface area contributed by atoms with E-state index in [2.05, 4.69) is 63.6 Å². The highest BCUT2D eigenvalue weighted by atomic mass is 32.1. The van der Waals surface area contributed by atoms with Gasteiger partial charge < -0.3 is 15.5 Å². The Labute approximate surface area is 154 Å². The van der Waals surface area contributed by atoms with Gasteiger partial charge in [0.15, 0.2) is 5.96 Å². The van der Waals surface area contributed by atoms with Gasteiger partial charge in [-0.1, -0.05) is 18.2 Å². The van der Waals surface area contributed by atoms with Crippen LogP contribution < -0.4 is 15.5 Å². The molecule has 0 bridgehead atoms. The van der Waals surface area contributed by atoms with Gasteiger partial charge in [0, 0.05) is 55.9 Å². The van der Waals surface area contributed by atoms with E-state index in [0.29, 0.717) is 6.04 Å². The van der Waals surface area contributed by atoms with E-state index in [1.54, 1.807) is 11.3 Å². The topological polar surface area (TPSA) is 52.6 Å². The maximum atomic E-state index is 4.40. The van der Waals surface area contributed by atoms with Gasteiger partial charge in [-0.25, -0.2) is 4.98 Å². The molecule has 1 aliphatic rings. The van der Waals surface area contributed by atoms with Crippen molar-refractivity contribution in [2.75, 3.05) is 31.6 Å². The molecule has 5 nitrogen and oxygen atoms in total. The molecule has 0 fully saturated rings. The minimum Gasteiger partial charge on any atom is -0.366 e. The molecule has 25 heavy (non-hydrogen) atoms. The normalized spacial score (nSPS) is 15.2. The molecule has 1 aromatic heterocycles. The molecule has 1 aromatic carbocycles. The fraction of sp³-hybridized carbons (Fsp3) is 0.474. The molecule has 134 valence electrons. The molecule has 0 spiro atoms. The number of thiazole rings is 1. The summed E-state index contributed by atoms with van der Waals surface area (Å²) in [6.07, 6.45) is 4.00. The van der Waals surface area contributed by atoms with Crippen molar-refractivity contribution in [2.45, 2.75) is 32.7 Å². The highest BCUT2D eigenvalue weighted by Crippen LogP contribution is 2.28. The number of benzene rings is 1. The van der Waals surface area contributed by atoms with Crippen LogP contribution in [-0.4, -0.2) is 43.7 Å². The van der Waals surface area contributed by atoms with Gasteiger partial charge in [0.1, 0.15) is 0 Å². The fourth-order valence-electron chi connectivity index (χ4n) is 3.20. The van der Waals surface area contributed by atoms with E-state index in [-0.39, 0.29) is 0 Å². The van der Waals surface area contributed by atoms with Gasteiger partial charge in [-0.05, 0) is 31.9 Å². The smallest absolute Gasteiger partial charge is 0.191 e. The number of anilines is 1. The minimum absolute atomic E-state index is 0.420. The predicted molar refractivity (Wildman–Crippen MR) is 107 cm³/mol. The number of aromatic nitrogens is 1. The summed E-state index contributed by atoms with van der Waals surface area (Å²) in [6, 6.07) is 9.13. The molecule has 2 N–H and O–H groups in total. The Hall–Kier alpha value is -2.08. The first-order valence-corrected chi connectivity index (χ1v) is 9.69. The van der Waals surface area contributed by atoms with Gasteiger partial charge in [0.05, 0.1) is 5.01 Å². The van der Waals surface area contributed by atoms with Gasteiger partial charge in [-0.15, -0.1) is 11.3 Å². The van der Waals surface area contributed by atoms with E-state index in [1.165, 1.54) is 21.1 Å². The average Bonchev–Trinajstić information content (AvgIpc) is 3.23. The van der Waals surface area contributed by atoms with Gasteiger partial charge >= 0.3 is 0 Å². The molecule has 0 aliphatic carbocycles. The van der Waals surface area contributed by atoms with Crippen molar-refractivity contribution in [3.63, 3.8) is 0 Å². The molecule has 2 heterocycles. The monoisotopic (exact) mass is 357 g/mol. The Balaban J connectivity index is 1.45. The Morgan fingerprint density at radius 1 is 1.36 bits per heavy atom. The second-order valence-corrected chi connectivity index (χ2v) is 7.73. The molecule has 1 unspecified atom stereocenters. The lowest BCUT2D eigenvalue weighted by Crippen LogP contribution is -2.46. The molecular weight excluding hydrogens is 330 g/mol. The third kappa shape index (κ3) is 4.51. The zero-order valence-electron chi connectivity index (χ0n) is 15.2. The number of fused-ring (bicyclic) bond motifs is 1. The summed E-state index contributed by atoms with van der Waals surface area (Å²) >= 11 is 1.76. The van der Waals surface area contributed by atoms with E-state index < -0.39 is 0 Å². The Morgan fingerprint density at radius 3 is 2.96 bits per heavy atom. The summed E-state index contributed by atoms with van der Waals surface area (Å²) in [4.78, 5) is 12.5. The van der Waals surface area contributed by atoms with Crippen molar-refractivity contribution in [3.8, 4) is 0 Å². The zero-order chi connectivity index (χ0) is 17.6. The van der Waals surface area contributed by atoms with Crippen molar-refractivity contribution in [1.29, 1.82) is 0 Å². The quantitative estimate of drug-likeness (QED) is 0.616. The summed E-state index contributed by atoms with van der Waals surface area (Å²) in [6.45, 7) is 7.16. The van der Waals surface area contributed by atoms with Crippen LogP contribution in [-0.2, 0) is 12.8 Å². The van der Waals surface area contributed by atoms with Crippen LogP contribution in [0.2, 0.25) is 0 Å². The largest absolute Gasteiger partial charge is 0.366 e. The highest BCUT2D eigenvalue weighted by Gasteiger charge is 2.22. The number of aliphatic imine (C=N–C) groups is 1. The Kier molecular flexibility index (Phi) is 5.91. The third-order valence-electron chi connectivity index (χ3n) is 4.54. The van der Waals surface area contributed by atoms with Crippen LogP contribution in [0.25, 0.3) is 0 Å². The van der Waals surface area contributed by atoms with Crippen LogP contribution in [0.5, 0.6) is 0 Å². The number of rotatable bonds is 6. The second-order valence-electron chi connectivity index (χ2n) is 6.42. The SMILES string of the molecule is CN=C(NCCc1ncc(C)s1)NCC(C)N1CCc2ccccc21. The van der Waals surface area contributed by atoms with Gasteiger partial charge in [-0.2, -0.15) is 0 Å². The van der Waals surface area contributed by atoms with Crippen LogP contribution in [0, 0.1) is 6.92 Å². The molecule has 1 aliphatic heterocycles. The van der Waals surface area contributed by atoms with Crippen LogP contribution >= 0.6 is 11.3 Å². The average molecular weight is 358 g/mol. The number of aryl methyl sites for hydroxylation is 1. The van der Waals surface area contributed by atoms with E-state index in [1.807, 2.05) is 13.2 Å². The molecule has 1 atom stereocenters. The Bertz CT molecular complexity index is 724. The molecule has 0 saturated heterocycles. The summed E-state index contributed by atoms with van der Waals surface area (Å²) < 4.78 is 0. The first-order valence-electron chi connectivity index (χ1n) is 8.87. The lowest BCUT2D eigenvalue weighted by molar-refractivity contribution is 0.625. The standard InChI is InChI=1S/C19H27N5S/c1-14(24-11-9-16-6-4-5-7-17(16)24)12-23-19(20-3)21-10-8-18-22-13-15(2)25-18/h4-7,13-14H,8-12H2,1-3H3,(H2,20,21,23). The van der Waals surface area contributed by atoms with Crippen LogP contribution in [0.4, 0.5) is 5.69 Å². The number of hydrogen-bond donors (Lipinski definition) is 2. The first-order chi connectivity index (χ1) is 12.2. The van der Waals surface area contributed by atoms with Crippen LogP contribution in [0.15, 0.2) is 35.5 Å². The molecule has 0 amide bonds. The Morgan fingerprint density at radius 2 is 2.20 bits per heavy atom. The van der Waals surface area contributed by atoms with E-state index in [0.717, 1.165) is 38.4 Å². The summed E-state index contributed by atoms with van der Waals surface area (Å²) in [7, 11) is 1.82. The molecular formula is C19H27N5S. The zero-order valence-corrected chi connectivity index (χ0v) is 16.1. The number of nitrogens with one attached hydrogen (secondary N) is 2. The number of nitrogens with zero attached hydrogens (tertiary/aromatic N) is 3. The number of para-hydroxylation sites is 1.